The number of aromatic amines is 1. The fourth-order valence-corrected chi connectivity index (χ4v) is 2.35. The number of carbonyl (C=O) groups is 1. The predicted octanol–water partition coefficient (Wildman–Crippen LogP) is 1.50. The van der Waals surface area contributed by atoms with Crippen LogP contribution in [0, 0.1) is 5.92 Å². The first kappa shape index (κ1) is 11.2. The number of hydrogen-bond donors (Lipinski definition) is 3. The number of carbonyl (C=O) groups excluding carboxylic acids is 1. The van der Waals surface area contributed by atoms with Crippen molar-refractivity contribution in [1.29, 1.82) is 0 Å². The highest BCUT2D eigenvalue weighted by molar-refractivity contribution is 6.00. The Labute approximate surface area is 105 Å². The van der Waals surface area contributed by atoms with Crippen molar-refractivity contribution in [2.45, 2.75) is 12.8 Å². The van der Waals surface area contributed by atoms with Gasteiger partial charge in [0.25, 0.3) is 0 Å². The number of fused-ring (bicyclic) bond motifs is 1. The first-order valence-corrected chi connectivity index (χ1v) is 6.29. The van der Waals surface area contributed by atoms with E-state index < -0.39 is 0 Å². The molecule has 0 spiro atoms. The molecule has 0 bridgehead atoms. The zero-order chi connectivity index (χ0) is 12.4. The molecule has 94 valence electrons. The van der Waals surface area contributed by atoms with Gasteiger partial charge in [-0.15, -0.1) is 0 Å². The summed E-state index contributed by atoms with van der Waals surface area (Å²) in [6.45, 7) is 1.77. The molecule has 0 aliphatic carbocycles. The van der Waals surface area contributed by atoms with Crippen LogP contribution in [0.3, 0.4) is 0 Å². The maximum absolute atomic E-state index is 12.1. The second-order valence-corrected chi connectivity index (χ2v) is 4.65. The molecule has 3 N–H and O–H groups in total. The van der Waals surface area contributed by atoms with Crippen molar-refractivity contribution >= 4 is 22.6 Å². The molecule has 18 heavy (non-hydrogen) atoms. The van der Waals surface area contributed by atoms with Crippen molar-refractivity contribution in [2.24, 2.45) is 5.92 Å². The van der Waals surface area contributed by atoms with E-state index >= 15 is 0 Å². The Hall–Kier alpha value is -1.88. The van der Waals surface area contributed by atoms with Crippen LogP contribution < -0.4 is 10.6 Å². The maximum Gasteiger partial charge on any atom is 0.229 e. The molecule has 2 heterocycles. The summed E-state index contributed by atoms with van der Waals surface area (Å²) < 4.78 is 0. The molecular formula is C13H16N4O. The highest BCUT2D eigenvalue weighted by atomic mass is 16.2. The van der Waals surface area contributed by atoms with Crippen LogP contribution >= 0.6 is 0 Å². The van der Waals surface area contributed by atoms with Crippen LogP contribution in [-0.2, 0) is 4.79 Å². The maximum atomic E-state index is 12.1. The van der Waals surface area contributed by atoms with Crippen LogP contribution in [0.5, 0.6) is 0 Å². The van der Waals surface area contributed by atoms with Crippen LogP contribution in [0.15, 0.2) is 24.3 Å². The normalized spacial score (nSPS) is 19.9. The van der Waals surface area contributed by atoms with Gasteiger partial charge in [-0.05, 0) is 31.5 Å². The molecule has 5 heteroatoms. The third kappa shape index (κ3) is 2.09. The summed E-state index contributed by atoms with van der Waals surface area (Å²) in [5.74, 6) is 0.731. The number of nitrogens with zero attached hydrogens (tertiary/aromatic N) is 1. The van der Waals surface area contributed by atoms with Crippen molar-refractivity contribution in [2.75, 3.05) is 18.4 Å². The largest absolute Gasteiger partial charge is 0.316 e. The van der Waals surface area contributed by atoms with Crippen molar-refractivity contribution in [3.05, 3.63) is 24.3 Å². The fraction of sp³-hybridized carbons (Fsp3) is 0.385. The lowest BCUT2D eigenvalue weighted by Crippen LogP contribution is -2.37. The van der Waals surface area contributed by atoms with E-state index in [2.05, 4.69) is 20.8 Å². The molecule has 0 radical (unpaired) electrons. The molecule has 1 fully saturated rings. The third-order valence-corrected chi connectivity index (χ3v) is 3.38. The van der Waals surface area contributed by atoms with E-state index in [9.17, 15) is 4.79 Å². The number of amides is 1. The Balaban J connectivity index is 1.77. The summed E-state index contributed by atoms with van der Waals surface area (Å²) in [6.07, 6.45) is 2.00. The number of benzene rings is 1. The lowest BCUT2D eigenvalue weighted by Gasteiger charge is -2.21. The Morgan fingerprint density at radius 2 is 2.28 bits per heavy atom. The van der Waals surface area contributed by atoms with Crippen molar-refractivity contribution in [1.82, 2.24) is 15.5 Å². The number of nitrogens with one attached hydrogen (secondary N) is 3. The average Bonchev–Trinajstić information content (AvgIpc) is 2.83. The molecular weight excluding hydrogens is 228 g/mol. The zero-order valence-electron chi connectivity index (χ0n) is 10.1. The second-order valence-electron chi connectivity index (χ2n) is 4.65. The first-order valence-electron chi connectivity index (χ1n) is 6.29. The van der Waals surface area contributed by atoms with E-state index in [1.165, 1.54) is 0 Å². The Kier molecular flexibility index (Phi) is 2.98. The fourth-order valence-electron chi connectivity index (χ4n) is 2.35. The van der Waals surface area contributed by atoms with Gasteiger partial charge in [0.15, 0.2) is 5.82 Å². The van der Waals surface area contributed by atoms with Gasteiger partial charge in [-0.1, -0.05) is 12.1 Å². The summed E-state index contributed by atoms with van der Waals surface area (Å²) >= 11 is 0. The quantitative estimate of drug-likeness (QED) is 0.749. The van der Waals surface area contributed by atoms with Gasteiger partial charge in [0.1, 0.15) is 0 Å². The molecule has 0 saturated carbocycles. The number of anilines is 1. The molecule has 1 aliphatic heterocycles. The van der Waals surface area contributed by atoms with Crippen molar-refractivity contribution < 1.29 is 4.79 Å². The minimum atomic E-state index is 0.0502. The number of H-pyrrole nitrogens is 1. The van der Waals surface area contributed by atoms with E-state index in [-0.39, 0.29) is 11.8 Å². The van der Waals surface area contributed by atoms with Crippen LogP contribution in [0.2, 0.25) is 0 Å². The third-order valence-electron chi connectivity index (χ3n) is 3.38. The van der Waals surface area contributed by atoms with Crippen LogP contribution in [0.25, 0.3) is 10.9 Å². The molecule has 5 nitrogen and oxygen atoms in total. The Morgan fingerprint density at radius 1 is 1.39 bits per heavy atom. The topological polar surface area (TPSA) is 69.8 Å². The van der Waals surface area contributed by atoms with Crippen LogP contribution in [-0.4, -0.2) is 29.2 Å². The average molecular weight is 244 g/mol. The van der Waals surface area contributed by atoms with Gasteiger partial charge in [0.2, 0.25) is 5.91 Å². The number of para-hydroxylation sites is 1. The SMILES string of the molecule is O=C(Nc1n[nH]c2ccccc12)C1CCCNC1. The minimum Gasteiger partial charge on any atom is -0.316 e. The van der Waals surface area contributed by atoms with Gasteiger partial charge in [0.05, 0.1) is 11.4 Å². The van der Waals surface area contributed by atoms with Crippen molar-refractivity contribution in [3.63, 3.8) is 0 Å². The Bertz CT molecular complexity index is 557. The number of rotatable bonds is 2. The summed E-state index contributed by atoms with van der Waals surface area (Å²) in [7, 11) is 0. The van der Waals surface area contributed by atoms with Crippen molar-refractivity contribution in [3.8, 4) is 0 Å². The predicted molar refractivity (Wildman–Crippen MR) is 70.3 cm³/mol. The molecule has 1 unspecified atom stereocenters. The first-order chi connectivity index (χ1) is 8.84. The molecule has 1 amide bonds. The van der Waals surface area contributed by atoms with E-state index in [1.54, 1.807) is 0 Å². The lowest BCUT2D eigenvalue weighted by molar-refractivity contribution is -0.120. The zero-order valence-corrected chi connectivity index (χ0v) is 10.1. The molecule has 3 rings (SSSR count). The molecule has 1 atom stereocenters. The van der Waals surface area contributed by atoms with Gasteiger partial charge in [0, 0.05) is 11.9 Å². The number of piperidine rings is 1. The number of hydrogen-bond acceptors (Lipinski definition) is 3. The van der Waals surface area contributed by atoms with Gasteiger partial charge < -0.3 is 10.6 Å². The van der Waals surface area contributed by atoms with Crippen LogP contribution in [0.1, 0.15) is 12.8 Å². The van der Waals surface area contributed by atoms with Gasteiger partial charge in [-0.2, -0.15) is 5.10 Å². The second kappa shape index (κ2) is 4.78. The Morgan fingerprint density at radius 3 is 3.11 bits per heavy atom. The molecule has 1 aromatic carbocycles. The molecule has 1 aliphatic rings. The van der Waals surface area contributed by atoms with Gasteiger partial charge in [-0.25, -0.2) is 0 Å². The molecule has 1 saturated heterocycles. The molecule has 2 aromatic rings. The minimum absolute atomic E-state index is 0.0502. The smallest absolute Gasteiger partial charge is 0.229 e. The van der Waals surface area contributed by atoms with Gasteiger partial charge in [-0.3, -0.25) is 9.89 Å². The summed E-state index contributed by atoms with van der Waals surface area (Å²) in [5.41, 5.74) is 0.939. The van der Waals surface area contributed by atoms with E-state index in [4.69, 9.17) is 0 Å². The highest BCUT2D eigenvalue weighted by Crippen LogP contribution is 2.21. The van der Waals surface area contributed by atoms with E-state index in [1.807, 2.05) is 24.3 Å². The highest BCUT2D eigenvalue weighted by Gasteiger charge is 2.21. The van der Waals surface area contributed by atoms with E-state index in [0.717, 1.165) is 36.8 Å². The standard InChI is InChI=1S/C13H16N4O/c18-13(9-4-3-7-14-8-9)15-12-10-5-1-2-6-11(10)16-17-12/h1-2,5-6,9,14H,3-4,7-8H2,(H2,15,16,17,18). The monoisotopic (exact) mass is 244 g/mol. The number of aromatic nitrogens is 2. The van der Waals surface area contributed by atoms with E-state index in [0.29, 0.717) is 5.82 Å². The lowest BCUT2D eigenvalue weighted by atomic mass is 9.99. The summed E-state index contributed by atoms with van der Waals surface area (Å²) in [4.78, 5) is 12.1. The van der Waals surface area contributed by atoms with Gasteiger partial charge >= 0.3 is 0 Å². The van der Waals surface area contributed by atoms with Crippen LogP contribution in [0.4, 0.5) is 5.82 Å². The molecule has 1 aromatic heterocycles. The summed E-state index contributed by atoms with van der Waals surface area (Å²) in [6, 6.07) is 7.78. The summed E-state index contributed by atoms with van der Waals surface area (Å²) in [5, 5.41) is 14.2.